The van der Waals surface area contributed by atoms with E-state index in [0.717, 1.165) is 24.1 Å². The predicted molar refractivity (Wildman–Crippen MR) is 104 cm³/mol. The standard InChI is InChI=1S/C22H20ClF2NO/c23-20-5-3-6-21(25)19(20)15-27-22-7-2-1-4-17(22)14-26-13-12-16-8-10-18(24)11-9-16/h1-11,26H,12-15H2. The molecular weight excluding hydrogens is 368 g/mol. The Labute approximate surface area is 162 Å². The van der Waals surface area contributed by atoms with Gasteiger partial charge in [0.15, 0.2) is 0 Å². The maximum Gasteiger partial charge on any atom is 0.131 e. The maximum atomic E-state index is 13.9. The Morgan fingerprint density at radius 3 is 2.44 bits per heavy atom. The summed E-state index contributed by atoms with van der Waals surface area (Å²) in [6.45, 7) is 1.43. The molecule has 0 saturated heterocycles. The molecule has 0 aliphatic carbocycles. The lowest BCUT2D eigenvalue weighted by Gasteiger charge is -2.13. The second-order valence-corrected chi connectivity index (χ2v) is 6.56. The van der Waals surface area contributed by atoms with Gasteiger partial charge in [0, 0.05) is 17.7 Å². The summed E-state index contributed by atoms with van der Waals surface area (Å²) in [6.07, 6.45) is 0.800. The summed E-state index contributed by atoms with van der Waals surface area (Å²) in [5.41, 5.74) is 2.39. The molecule has 0 spiro atoms. The zero-order valence-electron chi connectivity index (χ0n) is 14.7. The Morgan fingerprint density at radius 1 is 0.889 bits per heavy atom. The molecule has 0 amide bonds. The summed E-state index contributed by atoms with van der Waals surface area (Å²) < 4.78 is 32.6. The molecule has 1 N–H and O–H groups in total. The fourth-order valence-corrected chi connectivity index (χ4v) is 2.94. The van der Waals surface area contributed by atoms with Gasteiger partial charge in [0.2, 0.25) is 0 Å². The quantitative estimate of drug-likeness (QED) is 0.513. The van der Waals surface area contributed by atoms with Crippen LogP contribution in [0.15, 0.2) is 66.7 Å². The van der Waals surface area contributed by atoms with Crippen LogP contribution in [0.1, 0.15) is 16.7 Å². The maximum absolute atomic E-state index is 13.9. The average Bonchev–Trinajstić information content (AvgIpc) is 2.67. The average molecular weight is 388 g/mol. The van der Waals surface area contributed by atoms with E-state index in [4.69, 9.17) is 16.3 Å². The molecule has 0 aliphatic heterocycles. The number of para-hydroxylation sites is 1. The van der Waals surface area contributed by atoms with Crippen LogP contribution in [0, 0.1) is 11.6 Å². The van der Waals surface area contributed by atoms with E-state index in [2.05, 4.69) is 5.32 Å². The molecule has 27 heavy (non-hydrogen) atoms. The van der Waals surface area contributed by atoms with Crippen molar-refractivity contribution < 1.29 is 13.5 Å². The number of nitrogens with one attached hydrogen (secondary N) is 1. The minimum Gasteiger partial charge on any atom is -0.488 e. The first-order valence-corrected chi connectivity index (χ1v) is 9.10. The number of benzene rings is 3. The molecule has 3 aromatic rings. The number of halogens is 3. The summed E-state index contributed by atoms with van der Waals surface area (Å²) in [4.78, 5) is 0. The van der Waals surface area contributed by atoms with Crippen molar-refractivity contribution in [2.24, 2.45) is 0 Å². The van der Waals surface area contributed by atoms with Crippen LogP contribution in [-0.4, -0.2) is 6.54 Å². The first-order valence-electron chi connectivity index (χ1n) is 8.72. The highest BCUT2D eigenvalue weighted by molar-refractivity contribution is 6.31. The monoisotopic (exact) mass is 387 g/mol. The minimum atomic E-state index is -0.377. The van der Waals surface area contributed by atoms with Crippen molar-refractivity contribution in [2.75, 3.05) is 6.54 Å². The Balaban J connectivity index is 1.55. The van der Waals surface area contributed by atoms with E-state index in [1.807, 2.05) is 24.3 Å². The van der Waals surface area contributed by atoms with Crippen LogP contribution in [0.4, 0.5) is 8.78 Å². The van der Waals surface area contributed by atoms with E-state index in [0.29, 0.717) is 22.9 Å². The molecule has 0 unspecified atom stereocenters. The molecule has 0 radical (unpaired) electrons. The van der Waals surface area contributed by atoms with Gasteiger partial charge < -0.3 is 10.1 Å². The van der Waals surface area contributed by atoms with E-state index >= 15 is 0 Å². The third-order valence-corrected chi connectivity index (χ3v) is 4.58. The van der Waals surface area contributed by atoms with Gasteiger partial charge in [-0.2, -0.15) is 0 Å². The highest BCUT2D eigenvalue weighted by atomic mass is 35.5. The lowest BCUT2D eigenvalue weighted by molar-refractivity contribution is 0.296. The van der Waals surface area contributed by atoms with Crippen molar-refractivity contribution in [2.45, 2.75) is 19.6 Å². The topological polar surface area (TPSA) is 21.3 Å². The van der Waals surface area contributed by atoms with Crippen molar-refractivity contribution in [1.29, 1.82) is 0 Å². The second kappa shape index (κ2) is 9.49. The molecule has 0 heterocycles. The Kier molecular flexibility index (Phi) is 6.80. The smallest absolute Gasteiger partial charge is 0.131 e. The second-order valence-electron chi connectivity index (χ2n) is 6.15. The fraction of sp³-hybridized carbons (Fsp3) is 0.182. The third kappa shape index (κ3) is 5.52. The van der Waals surface area contributed by atoms with Gasteiger partial charge in [-0.25, -0.2) is 8.78 Å². The summed E-state index contributed by atoms with van der Waals surface area (Å²) in [5.74, 6) is 0.0799. The van der Waals surface area contributed by atoms with Crippen LogP contribution < -0.4 is 10.1 Å². The molecule has 2 nitrogen and oxygen atoms in total. The molecule has 0 bridgehead atoms. The largest absolute Gasteiger partial charge is 0.488 e. The van der Waals surface area contributed by atoms with Gasteiger partial charge in [-0.15, -0.1) is 0 Å². The van der Waals surface area contributed by atoms with Gasteiger partial charge >= 0.3 is 0 Å². The number of hydrogen-bond donors (Lipinski definition) is 1. The first kappa shape index (κ1) is 19.3. The van der Waals surface area contributed by atoms with E-state index < -0.39 is 0 Å². The molecule has 0 atom stereocenters. The van der Waals surface area contributed by atoms with E-state index in [9.17, 15) is 8.78 Å². The molecule has 0 saturated carbocycles. The molecule has 5 heteroatoms. The van der Waals surface area contributed by atoms with E-state index in [1.165, 1.54) is 18.2 Å². The van der Waals surface area contributed by atoms with Gasteiger partial charge in [-0.05, 0) is 48.9 Å². The van der Waals surface area contributed by atoms with Crippen LogP contribution in [0.25, 0.3) is 0 Å². The Hall–Kier alpha value is -2.43. The highest BCUT2D eigenvalue weighted by Gasteiger charge is 2.09. The van der Waals surface area contributed by atoms with Gasteiger partial charge in [0.05, 0.1) is 5.02 Å². The fourth-order valence-electron chi connectivity index (χ4n) is 2.72. The summed E-state index contributed by atoms with van der Waals surface area (Å²) in [5, 5.41) is 3.70. The van der Waals surface area contributed by atoms with Crippen molar-refractivity contribution in [3.63, 3.8) is 0 Å². The Bertz CT molecular complexity index is 863. The molecule has 0 aromatic heterocycles. The van der Waals surface area contributed by atoms with Crippen LogP contribution in [-0.2, 0) is 19.6 Å². The van der Waals surface area contributed by atoms with Gasteiger partial charge in [-0.1, -0.05) is 48.0 Å². The molecule has 0 aliphatic rings. The summed E-state index contributed by atoms with van der Waals surface area (Å²) in [6, 6.07) is 18.7. The van der Waals surface area contributed by atoms with Gasteiger partial charge in [-0.3, -0.25) is 0 Å². The molecule has 3 rings (SSSR count). The predicted octanol–water partition coefficient (Wildman–Crippen LogP) is 5.53. The highest BCUT2D eigenvalue weighted by Crippen LogP contribution is 2.23. The lowest BCUT2D eigenvalue weighted by Crippen LogP contribution is -2.17. The van der Waals surface area contributed by atoms with E-state index in [-0.39, 0.29) is 18.2 Å². The summed E-state index contributed by atoms with van der Waals surface area (Å²) in [7, 11) is 0. The van der Waals surface area contributed by atoms with Crippen molar-refractivity contribution in [3.8, 4) is 5.75 Å². The third-order valence-electron chi connectivity index (χ3n) is 4.23. The SMILES string of the molecule is Fc1ccc(CCNCc2ccccc2OCc2c(F)cccc2Cl)cc1. The van der Waals surface area contributed by atoms with Crippen molar-refractivity contribution in [1.82, 2.24) is 5.32 Å². The number of rotatable bonds is 8. The molecule has 3 aromatic carbocycles. The van der Waals surface area contributed by atoms with Crippen LogP contribution in [0.3, 0.4) is 0 Å². The van der Waals surface area contributed by atoms with Gasteiger partial charge in [0.25, 0.3) is 0 Å². The normalized spacial score (nSPS) is 10.8. The Morgan fingerprint density at radius 2 is 1.67 bits per heavy atom. The first-order chi connectivity index (χ1) is 13.1. The molecule has 0 fully saturated rings. The molecular formula is C22H20ClF2NO. The zero-order valence-corrected chi connectivity index (χ0v) is 15.5. The van der Waals surface area contributed by atoms with E-state index in [1.54, 1.807) is 24.3 Å². The number of ether oxygens (including phenoxy) is 1. The van der Waals surface area contributed by atoms with Crippen LogP contribution in [0.5, 0.6) is 5.75 Å². The number of hydrogen-bond acceptors (Lipinski definition) is 2. The van der Waals surface area contributed by atoms with Gasteiger partial charge in [0.1, 0.15) is 24.0 Å². The minimum absolute atomic E-state index is 0.0676. The van der Waals surface area contributed by atoms with Crippen molar-refractivity contribution >= 4 is 11.6 Å². The van der Waals surface area contributed by atoms with Crippen LogP contribution in [0.2, 0.25) is 5.02 Å². The zero-order chi connectivity index (χ0) is 19.1. The van der Waals surface area contributed by atoms with Crippen molar-refractivity contribution in [3.05, 3.63) is 100 Å². The lowest BCUT2D eigenvalue weighted by atomic mass is 10.1. The molecule has 140 valence electrons. The van der Waals surface area contributed by atoms with Crippen LogP contribution >= 0.6 is 11.6 Å². The summed E-state index contributed by atoms with van der Waals surface area (Å²) >= 11 is 6.05.